The fourth-order valence-electron chi connectivity index (χ4n) is 9.72. The van der Waals surface area contributed by atoms with Gasteiger partial charge in [0.15, 0.2) is 12.6 Å². The van der Waals surface area contributed by atoms with Crippen LogP contribution in [0.25, 0.3) is 0 Å². The van der Waals surface area contributed by atoms with Crippen LogP contribution in [0.3, 0.4) is 0 Å². The fourth-order valence-corrected chi connectivity index (χ4v) is 9.72. The zero-order valence-electron chi connectivity index (χ0n) is 39.5. The van der Waals surface area contributed by atoms with Crippen LogP contribution in [0.2, 0.25) is 0 Å². The largest absolute Gasteiger partial charge is 0.459 e. The summed E-state index contributed by atoms with van der Waals surface area (Å²) in [5, 5.41) is 62.0. The minimum Gasteiger partial charge on any atom is -0.459 e. The quantitative estimate of drug-likeness (QED) is 0.198. The second kappa shape index (κ2) is 21.1. The predicted octanol–water partition coefficient (Wildman–Crippen LogP) is 4.52. The molecule has 2 amide bonds. The zero-order chi connectivity index (χ0) is 48.4. The summed E-state index contributed by atoms with van der Waals surface area (Å²) in [5.74, 6) is -3.58. The van der Waals surface area contributed by atoms with Crippen LogP contribution in [-0.4, -0.2) is 165 Å². The third-order valence-corrected chi connectivity index (χ3v) is 13.6. The highest BCUT2D eigenvalue weighted by Gasteiger charge is 2.53. The summed E-state index contributed by atoms with van der Waals surface area (Å²) >= 11 is 0. The molecule has 1 aromatic carbocycles. The molecule has 6 N–H and O–H groups in total. The molecular formula is C45H74F3N3O13. The number of aliphatic hydroxyl groups is 5. The number of aliphatic hydroxyl groups excluding tert-OH is 3. The molecule has 0 aliphatic carbocycles. The van der Waals surface area contributed by atoms with Gasteiger partial charge in [-0.1, -0.05) is 20.8 Å². The highest BCUT2D eigenvalue weighted by Crippen LogP contribution is 2.40. The zero-order valence-corrected chi connectivity index (χ0v) is 39.5. The van der Waals surface area contributed by atoms with Crippen molar-refractivity contribution in [3.63, 3.8) is 0 Å². The summed E-state index contributed by atoms with van der Waals surface area (Å²) in [4.78, 5) is 31.7. The number of benzene rings is 1. The molecular weight excluding hydrogens is 847 g/mol. The van der Waals surface area contributed by atoms with E-state index >= 15 is 0 Å². The molecule has 19 heteroatoms. The molecule has 0 aromatic heterocycles. The lowest BCUT2D eigenvalue weighted by Gasteiger charge is -2.48. The number of carbonyl (C=O) groups excluding carboxylic acids is 2. The number of hydrogen-bond acceptors (Lipinski definition) is 14. The number of nitrogens with one attached hydrogen (secondary N) is 1. The number of hydrogen-bond donors (Lipinski definition) is 6. The Balaban J connectivity index is 1.85. The Bertz CT molecular complexity index is 1690. The highest BCUT2D eigenvalue weighted by atomic mass is 19.4. The normalized spacial score (nSPS) is 42.4. The van der Waals surface area contributed by atoms with Gasteiger partial charge in [-0.3, -0.25) is 4.79 Å². The molecule has 16 nitrogen and oxygen atoms in total. The first-order chi connectivity index (χ1) is 29.5. The van der Waals surface area contributed by atoms with Crippen LogP contribution >= 0.6 is 0 Å². The molecule has 1 aromatic rings. The van der Waals surface area contributed by atoms with Crippen LogP contribution in [0.1, 0.15) is 100 Å². The number of ether oxygens (including phenoxy) is 6. The molecule has 18 atom stereocenters. The Kier molecular flexibility index (Phi) is 17.8. The first-order valence-electron chi connectivity index (χ1n) is 22.3. The van der Waals surface area contributed by atoms with Gasteiger partial charge in [-0.15, -0.1) is 0 Å². The topological polar surface area (TPSA) is 209 Å². The number of carbonyl (C=O) groups is 2. The second-order valence-electron chi connectivity index (χ2n) is 19.4. The minimum atomic E-state index is -4.61. The van der Waals surface area contributed by atoms with Gasteiger partial charge in [0.25, 0.3) is 0 Å². The van der Waals surface area contributed by atoms with Gasteiger partial charge >= 0.3 is 18.2 Å². The van der Waals surface area contributed by atoms with Gasteiger partial charge < -0.3 is 69.1 Å². The average molecular weight is 922 g/mol. The third-order valence-electron chi connectivity index (χ3n) is 13.6. The van der Waals surface area contributed by atoms with E-state index < -0.39 is 126 Å². The van der Waals surface area contributed by atoms with Gasteiger partial charge in [-0.05, 0) is 112 Å². The second-order valence-corrected chi connectivity index (χ2v) is 19.4. The summed E-state index contributed by atoms with van der Waals surface area (Å²) in [6.07, 6.45) is -15.4. The molecule has 0 unspecified atom stereocenters. The summed E-state index contributed by atoms with van der Waals surface area (Å²) in [6.45, 7) is 16.0. The number of amides is 2. The number of methoxy groups -OCH3 is 1. The fraction of sp³-hybridized carbons (Fsp3) is 0.822. The number of esters is 1. The maximum absolute atomic E-state index is 14.5. The maximum Gasteiger partial charge on any atom is 0.416 e. The summed E-state index contributed by atoms with van der Waals surface area (Å²) in [7, 11) is 5.09. The van der Waals surface area contributed by atoms with Crippen LogP contribution in [0, 0.1) is 17.8 Å². The maximum atomic E-state index is 14.5. The lowest BCUT2D eigenvalue weighted by Crippen LogP contribution is -2.61. The third kappa shape index (κ3) is 12.2. The molecule has 3 heterocycles. The molecule has 0 spiro atoms. The Morgan fingerprint density at radius 1 is 0.953 bits per heavy atom. The van der Waals surface area contributed by atoms with Crippen molar-refractivity contribution in [3.8, 4) is 0 Å². The number of anilines is 1. The first-order valence-corrected chi connectivity index (χ1v) is 22.3. The lowest BCUT2D eigenvalue weighted by atomic mass is 9.77. The Morgan fingerprint density at radius 2 is 1.56 bits per heavy atom. The number of cyclic esters (lactones) is 1. The van der Waals surface area contributed by atoms with Gasteiger partial charge in [-0.25, -0.2) is 4.79 Å². The van der Waals surface area contributed by atoms with Gasteiger partial charge in [-0.2, -0.15) is 13.2 Å². The number of urea groups is 1. The van der Waals surface area contributed by atoms with E-state index in [2.05, 4.69) is 5.32 Å². The van der Waals surface area contributed by atoms with Gasteiger partial charge in [0.1, 0.15) is 30.0 Å². The molecule has 0 saturated carbocycles. The van der Waals surface area contributed by atoms with E-state index in [0.717, 1.165) is 24.3 Å². The van der Waals surface area contributed by atoms with Crippen LogP contribution < -0.4 is 5.32 Å². The Labute approximate surface area is 375 Å². The Morgan fingerprint density at radius 3 is 2.11 bits per heavy atom. The minimum absolute atomic E-state index is 0.0143. The number of rotatable bonds is 8. The lowest BCUT2D eigenvalue weighted by molar-refractivity contribution is -0.318. The van der Waals surface area contributed by atoms with Crippen molar-refractivity contribution in [2.24, 2.45) is 17.8 Å². The van der Waals surface area contributed by atoms with Gasteiger partial charge in [0.05, 0.1) is 53.1 Å². The van der Waals surface area contributed by atoms with E-state index in [1.807, 2.05) is 25.9 Å². The average Bonchev–Trinajstić information content (AvgIpc) is 3.20. The van der Waals surface area contributed by atoms with Crippen LogP contribution in [0.5, 0.6) is 0 Å². The number of likely N-dealkylation sites (N-methyl/N-ethyl adjacent to an activating group) is 1. The summed E-state index contributed by atoms with van der Waals surface area (Å²) in [5.41, 5.74) is -6.04. The van der Waals surface area contributed by atoms with Crippen molar-refractivity contribution in [3.05, 3.63) is 29.8 Å². The van der Waals surface area contributed by atoms with Gasteiger partial charge in [0, 0.05) is 37.7 Å². The molecule has 0 bridgehead atoms. The molecule has 3 aliphatic rings. The van der Waals surface area contributed by atoms with E-state index in [9.17, 15) is 48.3 Å². The van der Waals surface area contributed by atoms with Crippen molar-refractivity contribution in [2.45, 2.75) is 191 Å². The van der Waals surface area contributed by atoms with Crippen LogP contribution in [0.4, 0.5) is 23.7 Å². The summed E-state index contributed by atoms with van der Waals surface area (Å²) in [6, 6.07) is 1.39. The van der Waals surface area contributed by atoms with E-state index in [0.29, 0.717) is 6.42 Å². The van der Waals surface area contributed by atoms with Crippen molar-refractivity contribution in [1.29, 1.82) is 0 Å². The SMILES string of the molecule is CC[C@H]1OC(=O)[C@H](C)[C@@H](O[C@H]2C[C@@](C)(OC)[C@@H](O)[C@H](C)O2)[C@H](C)[C@@H](O[C@@H]2O[C@H](C)C[C@H](N(C)C)[C@H]2O)[C@](C)(O)C[C@@H](C)CN(C(=O)Nc2ccc(C(F)(F)F)cc2)[C@H](C)[C@@H](O)[C@]1(C)O. The molecule has 368 valence electrons. The highest BCUT2D eigenvalue weighted by molar-refractivity contribution is 5.89. The van der Waals surface area contributed by atoms with Crippen LogP contribution in [-0.2, 0) is 39.4 Å². The van der Waals surface area contributed by atoms with E-state index in [4.69, 9.17) is 28.4 Å². The van der Waals surface area contributed by atoms with Gasteiger partial charge in [0.2, 0.25) is 0 Å². The molecule has 3 aliphatic heterocycles. The van der Waals surface area contributed by atoms with Crippen molar-refractivity contribution >= 4 is 17.7 Å². The number of halogens is 3. The molecule has 3 fully saturated rings. The monoisotopic (exact) mass is 922 g/mol. The van der Waals surface area contributed by atoms with Crippen molar-refractivity contribution in [1.82, 2.24) is 9.80 Å². The smallest absolute Gasteiger partial charge is 0.416 e. The first kappa shape index (κ1) is 53.9. The number of alkyl halides is 3. The number of nitrogens with zero attached hydrogens (tertiary/aromatic N) is 2. The molecule has 3 saturated heterocycles. The van der Waals surface area contributed by atoms with E-state index in [1.165, 1.54) is 32.8 Å². The predicted molar refractivity (Wildman–Crippen MR) is 229 cm³/mol. The molecule has 4 rings (SSSR count). The molecule has 64 heavy (non-hydrogen) atoms. The summed E-state index contributed by atoms with van der Waals surface area (Å²) < 4.78 is 77.6. The standard InChI is InChI=1S/C45H74F3N3O13/c1-14-32-44(10,58)36(53)27(6)51(41(56)49-30-17-15-29(16-18-30)45(46,47)48)22-23(2)20-42(8,57)38(64-40-34(52)31(50(11)12)19-24(3)60-40)25(4)35(26(5)39(55)62-32)63-33-21-43(9,59-13)37(54)28(7)61-33/h15-18,23-28,31-38,40,52-54,57-58H,14,19-22H2,1-13H3,(H,49,56)/t23-,24-,25+,26-,27-,28+,31+,32-,33+,34-,35+,36-,37+,38-,40+,42-,43-,44-/m1/s1. The van der Waals surface area contributed by atoms with E-state index in [1.54, 1.807) is 41.5 Å². The van der Waals surface area contributed by atoms with Crippen LogP contribution in [0.15, 0.2) is 24.3 Å². The van der Waals surface area contributed by atoms with Crippen molar-refractivity contribution < 1.29 is 76.7 Å². The molecule has 0 radical (unpaired) electrons. The van der Waals surface area contributed by atoms with E-state index in [-0.39, 0.29) is 37.6 Å². The Hall–Kier alpha value is -2.69. The van der Waals surface area contributed by atoms with Crippen molar-refractivity contribution in [2.75, 3.05) is 33.1 Å².